The number of hydrogen-bond acceptors (Lipinski definition) is 6. The molecule has 38 heavy (non-hydrogen) atoms. The van der Waals surface area contributed by atoms with Crippen molar-refractivity contribution in [3.05, 3.63) is 94.1 Å². The minimum Gasteiger partial charge on any atom is -0.507 e. The van der Waals surface area contributed by atoms with Crippen molar-refractivity contribution in [1.82, 2.24) is 4.98 Å². The van der Waals surface area contributed by atoms with E-state index in [0.717, 1.165) is 26.9 Å². The van der Waals surface area contributed by atoms with E-state index in [1.165, 1.54) is 16.2 Å². The number of hydrogen-bond donors (Lipinski definition) is 1. The fraction of sp³-hybridized carbons (Fsp3) is 0.258. The lowest BCUT2D eigenvalue weighted by atomic mass is 9.84. The third kappa shape index (κ3) is 4.37. The molecule has 0 aliphatic carbocycles. The Bertz CT molecular complexity index is 1610. The first-order valence-corrected chi connectivity index (χ1v) is 13.2. The van der Waals surface area contributed by atoms with Crippen LogP contribution in [-0.4, -0.2) is 28.9 Å². The van der Waals surface area contributed by atoms with Crippen LogP contribution >= 0.6 is 11.3 Å². The fourth-order valence-electron chi connectivity index (χ4n) is 4.74. The number of fused-ring (bicyclic) bond motifs is 1. The molecule has 3 aromatic carbocycles. The van der Waals surface area contributed by atoms with Gasteiger partial charge in [-0.1, -0.05) is 62.4 Å². The molecule has 1 atom stereocenters. The van der Waals surface area contributed by atoms with Gasteiger partial charge in [0.1, 0.15) is 11.5 Å². The fourth-order valence-corrected chi connectivity index (χ4v) is 5.83. The minimum atomic E-state index is -0.847. The molecular weight excluding hydrogens is 496 g/mol. The number of rotatable bonds is 4. The Morgan fingerprint density at radius 1 is 1.00 bits per heavy atom. The maximum absolute atomic E-state index is 13.6. The van der Waals surface area contributed by atoms with Gasteiger partial charge in [-0.2, -0.15) is 0 Å². The molecule has 2 heterocycles. The maximum atomic E-state index is 13.6. The Morgan fingerprint density at radius 3 is 2.37 bits per heavy atom. The Balaban J connectivity index is 1.74. The second-order valence-corrected chi connectivity index (χ2v) is 11.7. The predicted molar refractivity (Wildman–Crippen MR) is 152 cm³/mol. The van der Waals surface area contributed by atoms with E-state index in [1.54, 1.807) is 19.2 Å². The van der Waals surface area contributed by atoms with Crippen LogP contribution in [0.5, 0.6) is 5.75 Å². The molecule has 1 aliphatic heterocycles. The van der Waals surface area contributed by atoms with Gasteiger partial charge in [0.15, 0.2) is 5.13 Å². The van der Waals surface area contributed by atoms with Crippen LogP contribution in [-0.2, 0) is 15.0 Å². The summed E-state index contributed by atoms with van der Waals surface area (Å²) in [6.07, 6.45) is 0. The van der Waals surface area contributed by atoms with Crippen molar-refractivity contribution in [2.75, 3.05) is 12.0 Å². The van der Waals surface area contributed by atoms with Crippen molar-refractivity contribution in [2.24, 2.45) is 0 Å². The number of aromatic nitrogens is 1. The van der Waals surface area contributed by atoms with E-state index < -0.39 is 17.7 Å². The number of carbonyl (C=O) groups excluding carboxylic acids is 2. The van der Waals surface area contributed by atoms with E-state index in [2.05, 4.69) is 20.8 Å². The lowest BCUT2D eigenvalue weighted by molar-refractivity contribution is -0.132. The minimum absolute atomic E-state index is 0.0461. The molecular formula is C31H30N2O4S. The number of ether oxygens (including phenoxy) is 1. The van der Waals surface area contributed by atoms with Crippen LogP contribution in [0.3, 0.4) is 0 Å². The van der Waals surface area contributed by atoms with Crippen molar-refractivity contribution in [2.45, 2.75) is 46.1 Å². The molecule has 0 bridgehead atoms. The average Bonchev–Trinajstić information content (AvgIpc) is 3.40. The van der Waals surface area contributed by atoms with Gasteiger partial charge in [0.2, 0.25) is 0 Å². The Hall–Kier alpha value is -3.97. The highest BCUT2D eigenvalue weighted by molar-refractivity contribution is 7.22. The van der Waals surface area contributed by atoms with E-state index in [0.29, 0.717) is 22.0 Å². The molecule has 7 heteroatoms. The van der Waals surface area contributed by atoms with Gasteiger partial charge in [0.05, 0.1) is 28.9 Å². The highest BCUT2D eigenvalue weighted by Gasteiger charge is 2.48. The summed E-state index contributed by atoms with van der Waals surface area (Å²) in [7, 11) is 1.58. The smallest absolute Gasteiger partial charge is 0.301 e. The van der Waals surface area contributed by atoms with E-state index in [-0.39, 0.29) is 16.7 Å². The van der Waals surface area contributed by atoms with Crippen molar-refractivity contribution in [1.29, 1.82) is 0 Å². The SMILES string of the molecule is COc1ccc(C2/C(=C(\O)c3cc(C(C)(C)C)ccc3C)C(=O)C(=O)N2c2nc3ccc(C)cc3s2)cc1. The van der Waals surface area contributed by atoms with Gasteiger partial charge in [0, 0.05) is 5.56 Å². The number of carbonyl (C=O) groups is 2. The van der Waals surface area contributed by atoms with Crippen molar-refractivity contribution >= 4 is 44.1 Å². The van der Waals surface area contributed by atoms with Gasteiger partial charge in [-0.3, -0.25) is 14.5 Å². The molecule has 0 spiro atoms. The van der Waals surface area contributed by atoms with Crippen LogP contribution in [0, 0.1) is 13.8 Å². The van der Waals surface area contributed by atoms with Crippen LogP contribution < -0.4 is 9.64 Å². The number of aryl methyl sites for hydroxylation is 2. The summed E-state index contributed by atoms with van der Waals surface area (Å²) in [5.74, 6) is -0.991. The van der Waals surface area contributed by atoms with Crippen molar-refractivity contribution in [3.8, 4) is 5.75 Å². The number of benzene rings is 3. The number of amides is 1. The summed E-state index contributed by atoms with van der Waals surface area (Å²) in [6.45, 7) is 10.2. The maximum Gasteiger partial charge on any atom is 0.301 e. The highest BCUT2D eigenvalue weighted by Crippen LogP contribution is 2.45. The third-order valence-electron chi connectivity index (χ3n) is 6.97. The molecule has 1 saturated heterocycles. The average molecular weight is 527 g/mol. The van der Waals surface area contributed by atoms with Crippen LogP contribution in [0.1, 0.15) is 54.6 Å². The summed E-state index contributed by atoms with van der Waals surface area (Å²) in [4.78, 5) is 33.3. The van der Waals surface area contributed by atoms with E-state index in [9.17, 15) is 14.7 Å². The second-order valence-electron chi connectivity index (χ2n) is 10.7. The molecule has 1 aromatic heterocycles. The summed E-state index contributed by atoms with van der Waals surface area (Å²) >= 11 is 1.35. The molecule has 194 valence electrons. The first kappa shape index (κ1) is 25.7. The number of anilines is 1. The standard InChI is InChI=1S/C31H30N2O4S/c1-17-7-14-23-24(15-17)38-30(32-23)33-26(19-9-12-21(37-6)13-10-19)25(28(35)29(33)36)27(34)22-16-20(31(3,4)5)11-8-18(22)2/h7-16,26,34H,1-6H3/b27-25+. The molecule has 1 unspecified atom stereocenters. The number of ketones is 1. The van der Waals surface area contributed by atoms with Crippen LogP contribution in [0.25, 0.3) is 16.0 Å². The monoisotopic (exact) mass is 526 g/mol. The lowest BCUT2D eigenvalue weighted by Gasteiger charge is -2.24. The Morgan fingerprint density at radius 2 is 1.71 bits per heavy atom. The second kappa shape index (κ2) is 9.40. The van der Waals surface area contributed by atoms with Crippen LogP contribution in [0.4, 0.5) is 5.13 Å². The molecule has 5 rings (SSSR count). The van der Waals surface area contributed by atoms with E-state index >= 15 is 0 Å². The van der Waals surface area contributed by atoms with Crippen LogP contribution in [0.15, 0.2) is 66.2 Å². The van der Waals surface area contributed by atoms with Crippen LogP contribution in [0.2, 0.25) is 0 Å². The molecule has 1 N–H and O–H groups in total. The number of Topliss-reactive ketones (excluding diaryl/α,β-unsaturated/α-hetero) is 1. The van der Waals surface area contributed by atoms with E-state index in [1.807, 2.05) is 62.4 Å². The molecule has 1 fully saturated rings. The first-order chi connectivity index (χ1) is 18.0. The summed E-state index contributed by atoms with van der Waals surface area (Å²) < 4.78 is 6.24. The summed E-state index contributed by atoms with van der Waals surface area (Å²) in [6, 6.07) is 18.1. The zero-order valence-electron chi connectivity index (χ0n) is 22.3. The third-order valence-corrected chi connectivity index (χ3v) is 7.99. The molecule has 4 aromatic rings. The van der Waals surface area contributed by atoms with E-state index in [4.69, 9.17) is 9.72 Å². The predicted octanol–water partition coefficient (Wildman–Crippen LogP) is 6.85. The van der Waals surface area contributed by atoms with Crippen molar-refractivity contribution < 1.29 is 19.4 Å². The number of methoxy groups -OCH3 is 1. The molecule has 0 radical (unpaired) electrons. The van der Waals surface area contributed by atoms with Gasteiger partial charge < -0.3 is 9.84 Å². The Kier molecular flexibility index (Phi) is 6.35. The zero-order chi connectivity index (χ0) is 27.4. The topological polar surface area (TPSA) is 79.7 Å². The molecule has 1 aliphatic rings. The number of nitrogens with zero attached hydrogens (tertiary/aromatic N) is 2. The largest absolute Gasteiger partial charge is 0.507 e. The number of thiazole rings is 1. The van der Waals surface area contributed by atoms with Gasteiger partial charge in [-0.05, 0) is 71.8 Å². The first-order valence-electron chi connectivity index (χ1n) is 12.4. The summed E-state index contributed by atoms with van der Waals surface area (Å²) in [5, 5.41) is 12.1. The van der Waals surface area contributed by atoms with Gasteiger partial charge in [-0.25, -0.2) is 4.98 Å². The molecule has 1 amide bonds. The summed E-state index contributed by atoms with van der Waals surface area (Å²) in [5.41, 5.74) is 4.75. The highest BCUT2D eigenvalue weighted by atomic mass is 32.1. The molecule has 6 nitrogen and oxygen atoms in total. The Labute approximate surface area is 226 Å². The number of aliphatic hydroxyl groups is 1. The van der Waals surface area contributed by atoms with Gasteiger partial charge >= 0.3 is 5.91 Å². The van der Waals surface area contributed by atoms with Crippen molar-refractivity contribution in [3.63, 3.8) is 0 Å². The zero-order valence-corrected chi connectivity index (χ0v) is 23.1. The normalized spacial score (nSPS) is 17.4. The number of aliphatic hydroxyl groups excluding tert-OH is 1. The quantitative estimate of drug-likeness (QED) is 0.179. The lowest BCUT2D eigenvalue weighted by Crippen LogP contribution is -2.29. The van der Waals surface area contributed by atoms with Gasteiger partial charge in [0.25, 0.3) is 5.78 Å². The van der Waals surface area contributed by atoms with Gasteiger partial charge in [-0.15, -0.1) is 0 Å². The molecule has 0 saturated carbocycles.